The highest BCUT2D eigenvalue weighted by Gasteiger charge is 2.44. The molecule has 1 aliphatic heterocycles. The molecule has 7 heteroatoms. The van der Waals surface area contributed by atoms with Gasteiger partial charge in [-0.1, -0.05) is 35.0 Å². The maximum Gasteiger partial charge on any atom is 0.273 e. The smallest absolute Gasteiger partial charge is 0.273 e. The van der Waals surface area contributed by atoms with Gasteiger partial charge in [-0.3, -0.25) is 9.48 Å². The van der Waals surface area contributed by atoms with Crippen molar-refractivity contribution in [2.24, 2.45) is 12.2 Å². The van der Waals surface area contributed by atoms with E-state index in [1.54, 1.807) is 44.2 Å². The van der Waals surface area contributed by atoms with Gasteiger partial charge in [-0.05, 0) is 13.0 Å². The number of amides is 1. The van der Waals surface area contributed by atoms with Crippen LogP contribution in [0.25, 0.3) is 0 Å². The summed E-state index contributed by atoms with van der Waals surface area (Å²) in [5.74, 6) is -0.184. The maximum atomic E-state index is 12.8. The van der Waals surface area contributed by atoms with Crippen LogP contribution in [-0.4, -0.2) is 34.0 Å². The zero-order chi connectivity index (χ0) is 16.6. The van der Waals surface area contributed by atoms with E-state index in [-0.39, 0.29) is 5.91 Å². The molecule has 0 saturated heterocycles. The number of anilines is 1. The summed E-state index contributed by atoms with van der Waals surface area (Å²) in [6, 6.07) is 7.38. The first-order valence-electron chi connectivity index (χ1n) is 7.17. The molecule has 6 nitrogen and oxygen atoms in total. The van der Waals surface area contributed by atoms with Gasteiger partial charge in [-0.25, -0.2) is 0 Å². The molecule has 0 aliphatic carbocycles. The Balaban J connectivity index is 1.79. The van der Waals surface area contributed by atoms with E-state index >= 15 is 0 Å². The monoisotopic (exact) mass is 332 g/mol. The Kier molecular flexibility index (Phi) is 3.85. The number of nitrogens with zero attached hydrogens (tertiary/aromatic N) is 4. The van der Waals surface area contributed by atoms with E-state index in [9.17, 15) is 4.79 Å². The second kappa shape index (κ2) is 5.70. The third-order valence-corrected chi connectivity index (χ3v) is 4.21. The predicted molar refractivity (Wildman–Crippen MR) is 88.7 cm³/mol. The van der Waals surface area contributed by atoms with Crippen LogP contribution in [0.5, 0.6) is 0 Å². The number of carbonyl (C=O) groups excluding carboxylic acids is 1. The molecule has 2 heterocycles. The lowest BCUT2D eigenvalue weighted by atomic mass is 9.94. The van der Waals surface area contributed by atoms with Crippen molar-refractivity contribution in [2.75, 3.05) is 11.9 Å². The van der Waals surface area contributed by atoms with Gasteiger partial charge in [0.25, 0.3) is 5.91 Å². The summed E-state index contributed by atoms with van der Waals surface area (Å²) in [5.41, 5.74) is 1.10. The van der Waals surface area contributed by atoms with Crippen LogP contribution >= 0.6 is 11.6 Å². The Morgan fingerprint density at radius 1 is 1.43 bits per heavy atom. The summed E-state index contributed by atoms with van der Waals surface area (Å²) in [6.07, 6.45) is 3.76. The Labute approximate surface area is 139 Å². The summed E-state index contributed by atoms with van der Waals surface area (Å²) in [6.45, 7) is 1.73. The summed E-state index contributed by atoms with van der Waals surface area (Å²) < 4.78 is 1.64. The second-order valence-electron chi connectivity index (χ2n) is 5.75. The molecular formula is C16H17ClN4O2. The first-order chi connectivity index (χ1) is 10.9. The number of hydrogen-bond donors (Lipinski definition) is 0. The third-order valence-electron chi connectivity index (χ3n) is 3.88. The third kappa shape index (κ3) is 2.82. The van der Waals surface area contributed by atoms with Gasteiger partial charge in [0, 0.05) is 37.3 Å². The minimum Gasteiger partial charge on any atom is -0.379 e. The second-order valence-corrected chi connectivity index (χ2v) is 6.16. The lowest BCUT2D eigenvalue weighted by molar-refractivity contribution is -0.138. The van der Waals surface area contributed by atoms with Crippen LogP contribution in [0, 0.1) is 0 Å². The molecular weight excluding hydrogens is 316 g/mol. The molecule has 1 atom stereocenters. The van der Waals surface area contributed by atoms with Crippen LogP contribution in [0.4, 0.5) is 5.69 Å². The number of aryl methyl sites for hydroxylation is 1. The van der Waals surface area contributed by atoms with Crippen molar-refractivity contribution in [1.82, 2.24) is 9.78 Å². The number of hydrogen-bond acceptors (Lipinski definition) is 4. The lowest BCUT2D eigenvalue weighted by Gasteiger charge is -2.26. The highest BCUT2D eigenvalue weighted by molar-refractivity contribution is 6.34. The van der Waals surface area contributed by atoms with E-state index in [0.717, 1.165) is 5.56 Å². The van der Waals surface area contributed by atoms with Gasteiger partial charge in [0.1, 0.15) is 0 Å². The molecule has 0 radical (unpaired) electrons. The van der Waals surface area contributed by atoms with Crippen LogP contribution < -0.4 is 4.90 Å². The van der Waals surface area contributed by atoms with E-state index in [4.69, 9.17) is 16.4 Å². The van der Waals surface area contributed by atoms with Crippen molar-refractivity contribution in [2.45, 2.75) is 18.9 Å². The lowest BCUT2D eigenvalue weighted by Crippen LogP contribution is -2.45. The number of halogens is 1. The zero-order valence-corrected chi connectivity index (χ0v) is 13.9. The minimum atomic E-state index is -1.06. The Hall–Kier alpha value is -2.34. The highest BCUT2D eigenvalue weighted by atomic mass is 35.5. The highest BCUT2D eigenvalue weighted by Crippen LogP contribution is 2.31. The molecule has 0 saturated carbocycles. The molecule has 0 unspecified atom stereocenters. The quantitative estimate of drug-likeness (QED) is 0.868. The molecule has 0 fully saturated rings. The summed E-state index contributed by atoms with van der Waals surface area (Å²) >= 11 is 6.20. The van der Waals surface area contributed by atoms with Crippen molar-refractivity contribution < 1.29 is 9.63 Å². The maximum absolute atomic E-state index is 12.8. The SMILES string of the molecule is CN(C(=O)[C@@]1(C)CC(c2ccccc2Cl)=NO1)c1cnn(C)c1. The molecule has 1 amide bonds. The average molecular weight is 333 g/mol. The fourth-order valence-corrected chi connectivity index (χ4v) is 2.79. The molecule has 1 aliphatic rings. The van der Waals surface area contributed by atoms with Crippen molar-refractivity contribution in [3.8, 4) is 0 Å². The van der Waals surface area contributed by atoms with Crippen molar-refractivity contribution >= 4 is 28.9 Å². The van der Waals surface area contributed by atoms with Gasteiger partial charge < -0.3 is 9.74 Å². The summed E-state index contributed by atoms with van der Waals surface area (Å²) in [5, 5.41) is 8.76. The van der Waals surface area contributed by atoms with Gasteiger partial charge in [0.15, 0.2) is 0 Å². The van der Waals surface area contributed by atoms with E-state index in [0.29, 0.717) is 22.8 Å². The first-order valence-corrected chi connectivity index (χ1v) is 7.55. The number of oxime groups is 1. The fraction of sp³-hybridized carbons (Fsp3) is 0.312. The van der Waals surface area contributed by atoms with Gasteiger partial charge in [0.2, 0.25) is 5.60 Å². The van der Waals surface area contributed by atoms with Crippen LogP contribution in [-0.2, 0) is 16.7 Å². The number of benzene rings is 1. The van der Waals surface area contributed by atoms with E-state index in [1.807, 2.05) is 18.2 Å². The van der Waals surface area contributed by atoms with Crippen LogP contribution in [0.3, 0.4) is 0 Å². The van der Waals surface area contributed by atoms with E-state index in [1.165, 1.54) is 4.90 Å². The Morgan fingerprint density at radius 3 is 2.83 bits per heavy atom. The molecule has 2 aromatic rings. The number of aromatic nitrogens is 2. The molecule has 1 aromatic heterocycles. The predicted octanol–water partition coefficient (Wildman–Crippen LogP) is 2.62. The largest absolute Gasteiger partial charge is 0.379 e. The molecule has 23 heavy (non-hydrogen) atoms. The van der Waals surface area contributed by atoms with Gasteiger partial charge in [0.05, 0.1) is 17.6 Å². The minimum absolute atomic E-state index is 0.184. The van der Waals surface area contributed by atoms with Crippen molar-refractivity contribution in [3.05, 3.63) is 47.2 Å². The van der Waals surface area contributed by atoms with Crippen LogP contribution in [0.15, 0.2) is 41.8 Å². The van der Waals surface area contributed by atoms with Crippen molar-refractivity contribution in [1.29, 1.82) is 0 Å². The molecule has 0 bridgehead atoms. The Morgan fingerprint density at radius 2 is 2.17 bits per heavy atom. The molecule has 0 N–H and O–H groups in total. The number of rotatable bonds is 3. The molecule has 3 rings (SSSR count). The van der Waals surface area contributed by atoms with Crippen LogP contribution in [0.2, 0.25) is 5.02 Å². The van der Waals surface area contributed by atoms with Gasteiger partial charge >= 0.3 is 0 Å². The molecule has 120 valence electrons. The Bertz CT molecular complexity index is 786. The normalized spacial score (nSPS) is 20.1. The fourth-order valence-electron chi connectivity index (χ4n) is 2.55. The summed E-state index contributed by atoms with van der Waals surface area (Å²) in [7, 11) is 3.50. The van der Waals surface area contributed by atoms with Gasteiger partial charge in [-0.15, -0.1) is 0 Å². The number of likely N-dealkylation sites (N-methyl/N-ethyl adjacent to an activating group) is 1. The topological polar surface area (TPSA) is 59.7 Å². The first kappa shape index (κ1) is 15.6. The van der Waals surface area contributed by atoms with Gasteiger partial charge in [-0.2, -0.15) is 5.10 Å². The molecule has 0 spiro atoms. The standard InChI is InChI=1S/C16H17ClN4O2/c1-16(15(22)21(3)11-9-18-20(2)10-11)8-14(19-23-16)12-6-4-5-7-13(12)17/h4-7,9-10H,8H2,1-3H3/t16-/m1/s1. The molecule has 1 aromatic carbocycles. The van der Waals surface area contributed by atoms with E-state index in [2.05, 4.69) is 10.3 Å². The van der Waals surface area contributed by atoms with E-state index < -0.39 is 5.60 Å². The average Bonchev–Trinajstić information content (AvgIpc) is 3.13. The zero-order valence-electron chi connectivity index (χ0n) is 13.2. The summed E-state index contributed by atoms with van der Waals surface area (Å²) in [4.78, 5) is 19.8. The van der Waals surface area contributed by atoms with Crippen molar-refractivity contribution in [3.63, 3.8) is 0 Å². The van der Waals surface area contributed by atoms with Crippen LogP contribution in [0.1, 0.15) is 18.9 Å². The number of carbonyl (C=O) groups is 1.